The summed E-state index contributed by atoms with van der Waals surface area (Å²) in [6, 6.07) is 11.8. The quantitative estimate of drug-likeness (QED) is 0.348. The average Bonchev–Trinajstić information content (AvgIpc) is 3.11. The molecule has 0 unspecified atom stereocenters. The number of sulfone groups is 1. The van der Waals surface area contributed by atoms with Crippen LogP contribution in [-0.4, -0.2) is 36.3 Å². The van der Waals surface area contributed by atoms with Crippen LogP contribution in [0.3, 0.4) is 0 Å². The monoisotopic (exact) mass is 445 g/mol. The van der Waals surface area contributed by atoms with Gasteiger partial charge in [-0.3, -0.25) is 25.0 Å². The van der Waals surface area contributed by atoms with E-state index in [2.05, 4.69) is 10.3 Å². The van der Waals surface area contributed by atoms with Crippen molar-refractivity contribution < 1.29 is 22.9 Å². The predicted molar refractivity (Wildman–Crippen MR) is 112 cm³/mol. The first-order valence-electron chi connectivity index (χ1n) is 8.44. The summed E-state index contributed by atoms with van der Waals surface area (Å²) < 4.78 is 23.6. The van der Waals surface area contributed by atoms with Gasteiger partial charge in [-0.1, -0.05) is 41.7 Å². The molecule has 0 spiro atoms. The molecule has 1 amide bonds. The Balaban J connectivity index is 2.00. The zero-order valence-electron chi connectivity index (χ0n) is 15.8. The third kappa shape index (κ3) is 4.58. The van der Waals surface area contributed by atoms with Crippen molar-refractivity contribution in [3.05, 3.63) is 69.1 Å². The normalized spacial score (nSPS) is 11.1. The highest BCUT2D eigenvalue weighted by atomic mass is 32.2. The van der Waals surface area contributed by atoms with Crippen molar-refractivity contribution in [2.75, 3.05) is 11.6 Å². The molecule has 3 aromatic rings. The number of nitrogens with one attached hydrogen (secondary N) is 1. The van der Waals surface area contributed by atoms with Gasteiger partial charge in [0.15, 0.2) is 20.8 Å². The summed E-state index contributed by atoms with van der Waals surface area (Å²) in [5, 5.41) is 13.7. The van der Waals surface area contributed by atoms with Crippen LogP contribution in [0.2, 0.25) is 0 Å². The van der Waals surface area contributed by atoms with Gasteiger partial charge in [-0.25, -0.2) is 13.4 Å². The molecule has 3 rings (SSSR count). The van der Waals surface area contributed by atoms with E-state index in [1.165, 1.54) is 6.92 Å². The number of nitrogens with zero attached hydrogens (tertiary/aromatic N) is 2. The van der Waals surface area contributed by atoms with Crippen LogP contribution < -0.4 is 5.32 Å². The van der Waals surface area contributed by atoms with E-state index in [0.717, 1.165) is 35.8 Å². The molecule has 0 saturated heterocycles. The number of anilines is 1. The molecule has 11 heteroatoms. The summed E-state index contributed by atoms with van der Waals surface area (Å²) in [4.78, 5) is 39.3. The smallest absolute Gasteiger partial charge is 0.271 e. The van der Waals surface area contributed by atoms with Gasteiger partial charge in [0.05, 0.1) is 20.4 Å². The first kappa shape index (κ1) is 21.3. The lowest BCUT2D eigenvalue weighted by Crippen LogP contribution is -2.13. The minimum Gasteiger partial charge on any atom is -0.298 e. The number of Topliss-reactive ketones (excluding diaryl/α,β-unsaturated/α-hetero) is 1. The van der Waals surface area contributed by atoms with E-state index < -0.39 is 26.4 Å². The van der Waals surface area contributed by atoms with Crippen molar-refractivity contribution in [3.63, 3.8) is 0 Å². The number of rotatable bonds is 6. The van der Waals surface area contributed by atoms with Crippen molar-refractivity contribution in [1.82, 2.24) is 4.98 Å². The van der Waals surface area contributed by atoms with Crippen molar-refractivity contribution >= 4 is 43.7 Å². The van der Waals surface area contributed by atoms with E-state index in [1.807, 2.05) is 6.07 Å². The van der Waals surface area contributed by atoms with Crippen LogP contribution in [-0.2, 0) is 9.84 Å². The highest BCUT2D eigenvalue weighted by Gasteiger charge is 2.22. The molecular weight excluding hydrogens is 430 g/mol. The van der Waals surface area contributed by atoms with Gasteiger partial charge < -0.3 is 0 Å². The van der Waals surface area contributed by atoms with Gasteiger partial charge in [0.2, 0.25) is 0 Å². The van der Waals surface area contributed by atoms with Crippen molar-refractivity contribution in [2.24, 2.45) is 0 Å². The van der Waals surface area contributed by atoms with Crippen LogP contribution in [0.4, 0.5) is 10.8 Å². The highest BCUT2D eigenvalue weighted by molar-refractivity contribution is 7.90. The molecule has 0 bridgehead atoms. The molecule has 30 heavy (non-hydrogen) atoms. The molecule has 0 saturated carbocycles. The standard InChI is InChI=1S/C19H15N3O6S2/c1-11(23)17-16(12-6-4-3-5-7-12)20-19(29-17)21-18(24)13-8-14(22(25)26)10-15(9-13)30(2,27)28/h3-10H,1-2H3,(H,20,21,24). The maximum Gasteiger partial charge on any atom is 0.271 e. The fourth-order valence-electron chi connectivity index (χ4n) is 2.61. The van der Waals surface area contributed by atoms with Gasteiger partial charge in [0.1, 0.15) is 0 Å². The summed E-state index contributed by atoms with van der Waals surface area (Å²) in [6.45, 7) is 1.38. The van der Waals surface area contributed by atoms with E-state index in [-0.39, 0.29) is 21.4 Å². The molecule has 9 nitrogen and oxygen atoms in total. The number of carbonyl (C=O) groups excluding carboxylic acids is 2. The number of aromatic nitrogens is 1. The number of hydrogen-bond donors (Lipinski definition) is 1. The summed E-state index contributed by atoms with van der Waals surface area (Å²) >= 11 is 0.961. The zero-order valence-corrected chi connectivity index (χ0v) is 17.4. The minimum absolute atomic E-state index is 0.108. The first-order valence-corrected chi connectivity index (χ1v) is 11.1. The van der Waals surface area contributed by atoms with E-state index in [1.54, 1.807) is 24.3 Å². The molecule has 0 atom stereocenters. The van der Waals surface area contributed by atoms with Gasteiger partial charge >= 0.3 is 0 Å². The van der Waals surface area contributed by atoms with E-state index in [0.29, 0.717) is 16.1 Å². The van der Waals surface area contributed by atoms with Gasteiger partial charge in [-0.05, 0) is 6.07 Å². The van der Waals surface area contributed by atoms with Crippen molar-refractivity contribution in [1.29, 1.82) is 0 Å². The molecule has 0 radical (unpaired) electrons. The Morgan fingerprint density at radius 1 is 1.13 bits per heavy atom. The first-order chi connectivity index (χ1) is 14.1. The SMILES string of the molecule is CC(=O)c1sc(NC(=O)c2cc([N+](=O)[O-])cc(S(C)(=O)=O)c2)nc1-c1ccccc1. The zero-order chi connectivity index (χ0) is 22.1. The lowest BCUT2D eigenvalue weighted by atomic mass is 10.1. The molecular formula is C19H15N3O6S2. The lowest BCUT2D eigenvalue weighted by Gasteiger charge is -2.05. The van der Waals surface area contributed by atoms with Crippen LogP contribution in [0.1, 0.15) is 27.0 Å². The summed E-state index contributed by atoms with van der Waals surface area (Å²) in [7, 11) is -3.78. The number of amides is 1. The summed E-state index contributed by atoms with van der Waals surface area (Å²) in [5.74, 6) is -1.02. The lowest BCUT2D eigenvalue weighted by molar-refractivity contribution is -0.385. The molecule has 0 aliphatic carbocycles. The molecule has 0 fully saturated rings. The molecule has 1 heterocycles. The topological polar surface area (TPSA) is 136 Å². The fourth-order valence-corrected chi connectivity index (χ4v) is 4.16. The highest BCUT2D eigenvalue weighted by Crippen LogP contribution is 2.32. The Kier molecular flexibility index (Phi) is 5.76. The van der Waals surface area contributed by atoms with Crippen LogP contribution >= 0.6 is 11.3 Å². The molecule has 1 aromatic heterocycles. The number of non-ortho nitro benzene ring substituents is 1. The Morgan fingerprint density at radius 3 is 2.37 bits per heavy atom. The Labute approximate surface area is 175 Å². The number of carbonyl (C=O) groups is 2. The second-order valence-electron chi connectivity index (χ2n) is 6.32. The number of thiazole rings is 1. The van der Waals surface area contributed by atoms with E-state index >= 15 is 0 Å². The molecule has 154 valence electrons. The number of ketones is 1. The number of nitro benzene ring substituents is 1. The average molecular weight is 445 g/mol. The van der Waals surface area contributed by atoms with Crippen LogP contribution in [0, 0.1) is 10.1 Å². The maximum atomic E-state index is 12.6. The van der Waals surface area contributed by atoms with Gasteiger partial charge in [0.25, 0.3) is 11.6 Å². The molecule has 0 aliphatic heterocycles. The Bertz CT molecular complexity index is 1270. The molecule has 1 N–H and O–H groups in total. The maximum absolute atomic E-state index is 12.6. The second kappa shape index (κ2) is 8.13. The van der Waals surface area contributed by atoms with E-state index in [9.17, 15) is 28.1 Å². The largest absolute Gasteiger partial charge is 0.298 e. The minimum atomic E-state index is -3.78. The predicted octanol–water partition coefficient (Wildman–Crippen LogP) is 3.58. The molecule has 2 aromatic carbocycles. The summed E-state index contributed by atoms with van der Waals surface area (Å²) in [6.07, 6.45) is 0.889. The van der Waals surface area contributed by atoms with Crippen LogP contribution in [0.5, 0.6) is 0 Å². The van der Waals surface area contributed by atoms with Gasteiger partial charge in [-0.2, -0.15) is 0 Å². The van der Waals surface area contributed by atoms with Gasteiger partial charge in [0, 0.05) is 36.4 Å². The molecule has 0 aliphatic rings. The fraction of sp³-hybridized carbons (Fsp3) is 0.105. The third-order valence-corrected chi connectivity index (χ3v) is 6.17. The van der Waals surface area contributed by atoms with Crippen molar-refractivity contribution in [2.45, 2.75) is 11.8 Å². The number of hydrogen-bond acceptors (Lipinski definition) is 8. The van der Waals surface area contributed by atoms with Crippen molar-refractivity contribution in [3.8, 4) is 11.3 Å². The van der Waals surface area contributed by atoms with Gasteiger partial charge in [-0.15, -0.1) is 0 Å². The van der Waals surface area contributed by atoms with E-state index in [4.69, 9.17) is 0 Å². The van der Waals surface area contributed by atoms with Crippen LogP contribution in [0.25, 0.3) is 11.3 Å². The summed E-state index contributed by atoms with van der Waals surface area (Å²) in [5.41, 5.74) is 0.343. The third-order valence-electron chi connectivity index (χ3n) is 4.01. The number of nitro groups is 1. The van der Waals surface area contributed by atoms with Crippen LogP contribution in [0.15, 0.2) is 53.4 Å². The Hall–Kier alpha value is -3.44. The number of benzene rings is 2. The Morgan fingerprint density at radius 2 is 1.80 bits per heavy atom. The second-order valence-corrected chi connectivity index (χ2v) is 9.33.